The van der Waals surface area contributed by atoms with Crippen LogP contribution in [0.5, 0.6) is 0 Å². The Balaban J connectivity index is 2.17. The lowest BCUT2D eigenvalue weighted by Crippen LogP contribution is -2.17. The van der Waals surface area contributed by atoms with E-state index in [1.807, 2.05) is 18.2 Å². The molecule has 0 heterocycles. The van der Waals surface area contributed by atoms with Crippen LogP contribution in [0.25, 0.3) is 0 Å². The van der Waals surface area contributed by atoms with Crippen LogP contribution in [0.2, 0.25) is 0 Å². The van der Waals surface area contributed by atoms with Crippen molar-refractivity contribution in [2.75, 3.05) is 17.7 Å². The third-order valence-electron chi connectivity index (χ3n) is 2.89. The normalized spacial score (nSPS) is 10.2. The van der Waals surface area contributed by atoms with Gasteiger partial charge in [0, 0.05) is 25.0 Å². The highest BCUT2D eigenvalue weighted by Crippen LogP contribution is 2.22. The second-order valence-electron chi connectivity index (χ2n) is 4.39. The van der Waals surface area contributed by atoms with Gasteiger partial charge in [0.25, 0.3) is 0 Å². The predicted molar refractivity (Wildman–Crippen MR) is 74.1 cm³/mol. The first kappa shape index (κ1) is 11.5. The molecule has 0 saturated carbocycles. The summed E-state index contributed by atoms with van der Waals surface area (Å²) in [7, 11) is 2.10. The van der Waals surface area contributed by atoms with E-state index in [-0.39, 0.29) is 0 Å². The molecule has 0 saturated heterocycles. The molecule has 0 atom stereocenters. The molecule has 17 heavy (non-hydrogen) atoms. The zero-order valence-corrected chi connectivity index (χ0v) is 10.4. The van der Waals surface area contributed by atoms with E-state index >= 15 is 0 Å². The van der Waals surface area contributed by atoms with Gasteiger partial charge in [-0.3, -0.25) is 0 Å². The van der Waals surface area contributed by atoms with Gasteiger partial charge >= 0.3 is 0 Å². The van der Waals surface area contributed by atoms with Crippen molar-refractivity contribution < 1.29 is 0 Å². The van der Waals surface area contributed by atoms with Gasteiger partial charge in [-0.2, -0.15) is 0 Å². The van der Waals surface area contributed by atoms with Crippen LogP contribution in [0.15, 0.2) is 48.5 Å². The number of aryl methyl sites for hydroxylation is 1. The Labute approximate surface area is 103 Å². The van der Waals surface area contributed by atoms with Crippen LogP contribution < -0.4 is 10.6 Å². The van der Waals surface area contributed by atoms with Crippen molar-refractivity contribution in [3.05, 3.63) is 59.7 Å². The molecule has 0 unspecified atom stereocenters. The summed E-state index contributed by atoms with van der Waals surface area (Å²) in [6.45, 7) is 3.00. The Morgan fingerprint density at radius 3 is 2.41 bits per heavy atom. The van der Waals surface area contributed by atoms with Crippen LogP contribution >= 0.6 is 0 Å². The highest BCUT2D eigenvalue weighted by Gasteiger charge is 2.05. The summed E-state index contributed by atoms with van der Waals surface area (Å²) in [5, 5.41) is 0. The number of hydrogen-bond donors (Lipinski definition) is 1. The van der Waals surface area contributed by atoms with Crippen molar-refractivity contribution in [1.82, 2.24) is 0 Å². The molecule has 2 nitrogen and oxygen atoms in total. The molecule has 0 fully saturated rings. The standard InChI is InChI=1S/C15H18N2/c1-12-10-14(16)8-9-15(12)17(2)11-13-6-4-3-5-7-13/h3-10H,11,16H2,1-2H3. The smallest absolute Gasteiger partial charge is 0.0426 e. The maximum atomic E-state index is 5.76. The number of nitrogens with zero attached hydrogens (tertiary/aromatic N) is 1. The lowest BCUT2D eigenvalue weighted by molar-refractivity contribution is 0.918. The monoisotopic (exact) mass is 226 g/mol. The van der Waals surface area contributed by atoms with Crippen LogP contribution in [0, 0.1) is 6.92 Å². The fraction of sp³-hybridized carbons (Fsp3) is 0.200. The number of anilines is 2. The molecule has 0 aliphatic carbocycles. The van der Waals surface area contributed by atoms with Crippen molar-refractivity contribution >= 4 is 11.4 Å². The van der Waals surface area contributed by atoms with E-state index in [9.17, 15) is 0 Å². The second-order valence-corrected chi connectivity index (χ2v) is 4.39. The molecule has 2 aromatic carbocycles. The fourth-order valence-corrected chi connectivity index (χ4v) is 2.05. The van der Waals surface area contributed by atoms with E-state index in [2.05, 4.69) is 49.2 Å². The average Bonchev–Trinajstić information content (AvgIpc) is 2.30. The van der Waals surface area contributed by atoms with Crippen molar-refractivity contribution in [2.24, 2.45) is 0 Å². The zero-order valence-electron chi connectivity index (χ0n) is 10.4. The highest BCUT2D eigenvalue weighted by molar-refractivity contribution is 5.58. The molecule has 88 valence electrons. The van der Waals surface area contributed by atoms with Gasteiger partial charge in [0.15, 0.2) is 0 Å². The summed E-state index contributed by atoms with van der Waals surface area (Å²) in [6, 6.07) is 16.5. The molecule has 0 aliphatic heterocycles. The first-order valence-corrected chi connectivity index (χ1v) is 5.78. The van der Waals surface area contributed by atoms with Crippen LogP contribution in [-0.4, -0.2) is 7.05 Å². The van der Waals surface area contributed by atoms with E-state index in [0.29, 0.717) is 0 Å². The Hall–Kier alpha value is -1.96. The van der Waals surface area contributed by atoms with Gasteiger partial charge in [-0.05, 0) is 36.2 Å². The molecule has 2 heteroatoms. The summed E-state index contributed by atoms with van der Waals surface area (Å²) < 4.78 is 0. The van der Waals surface area contributed by atoms with E-state index in [4.69, 9.17) is 5.73 Å². The topological polar surface area (TPSA) is 29.3 Å². The molecule has 2 rings (SSSR count). The summed E-state index contributed by atoms with van der Waals surface area (Å²) in [6.07, 6.45) is 0. The summed E-state index contributed by atoms with van der Waals surface area (Å²) >= 11 is 0. The number of nitrogen functional groups attached to an aromatic ring is 1. The van der Waals surface area contributed by atoms with Gasteiger partial charge < -0.3 is 10.6 Å². The number of benzene rings is 2. The van der Waals surface area contributed by atoms with Crippen LogP contribution in [0.3, 0.4) is 0 Å². The van der Waals surface area contributed by atoms with E-state index in [1.165, 1.54) is 16.8 Å². The molecular formula is C15H18N2. The summed E-state index contributed by atoms with van der Waals surface area (Å²) in [5.74, 6) is 0. The van der Waals surface area contributed by atoms with Crippen molar-refractivity contribution in [1.29, 1.82) is 0 Å². The molecule has 0 spiro atoms. The maximum Gasteiger partial charge on any atom is 0.0426 e. The van der Waals surface area contributed by atoms with Gasteiger partial charge in [0.1, 0.15) is 0 Å². The van der Waals surface area contributed by atoms with Crippen LogP contribution in [0.1, 0.15) is 11.1 Å². The first-order valence-electron chi connectivity index (χ1n) is 5.78. The van der Waals surface area contributed by atoms with Gasteiger partial charge in [-0.25, -0.2) is 0 Å². The molecule has 0 bridgehead atoms. The zero-order chi connectivity index (χ0) is 12.3. The van der Waals surface area contributed by atoms with Crippen molar-refractivity contribution in [2.45, 2.75) is 13.5 Å². The average molecular weight is 226 g/mol. The number of hydrogen-bond acceptors (Lipinski definition) is 2. The minimum Gasteiger partial charge on any atom is -0.399 e. The van der Waals surface area contributed by atoms with E-state index < -0.39 is 0 Å². The molecule has 0 aliphatic rings. The Morgan fingerprint density at radius 1 is 1.06 bits per heavy atom. The predicted octanol–water partition coefficient (Wildman–Crippen LogP) is 3.21. The number of nitrogens with two attached hydrogens (primary N) is 1. The summed E-state index contributed by atoms with van der Waals surface area (Å²) in [5.41, 5.74) is 10.3. The third kappa shape index (κ3) is 2.78. The lowest BCUT2D eigenvalue weighted by Gasteiger charge is -2.21. The fourth-order valence-electron chi connectivity index (χ4n) is 2.05. The van der Waals surface area contributed by atoms with Crippen LogP contribution in [0.4, 0.5) is 11.4 Å². The van der Waals surface area contributed by atoms with Crippen molar-refractivity contribution in [3.63, 3.8) is 0 Å². The first-order chi connectivity index (χ1) is 8.16. The second kappa shape index (κ2) is 4.91. The minimum atomic E-state index is 0.819. The van der Waals surface area contributed by atoms with Crippen molar-refractivity contribution in [3.8, 4) is 0 Å². The molecular weight excluding hydrogens is 208 g/mol. The summed E-state index contributed by atoms with van der Waals surface area (Å²) in [4.78, 5) is 2.24. The number of rotatable bonds is 3. The minimum absolute atomic E-state index is 0.819. The van der Waals surface area contributed by atoms with Gasteiger partial charge in [0.05, 0.1) is 0 Å². The Kier molecular flexibility index (Phi) is 3.33. The Morgan fingerprint density at radius 2 is 1.76 bits per heavy atom. The molecule has 0 radical (unpaired) electrons. The van der Waals surface area contributed by atoms with Crippen LogP contribution in [-0.2, 0) is 6.54 Å². The van der Waals surface area contributed by atoms with Gasteiger partial charge in [0.2, 0.25) is 0 Å². The highest BCUT2D eigenvalue weighted by atomic mass is 15.1. The SMILES string of the molecule is Cc1cc(N)ccc1N(C)Cc1ccccc1. The van der Waals surface area contributed by atoms with E-state index in [0.717, 1.165) is 12.2 Å². The largest absolute Gasteiger partial charge is 0.399 e. The lowest BCUT2D eigenvalue weighted by atomic mass is 10.1. The maximum absolute atomic E-state index is 5.76. The Bertz CT molecular complexity index is 492. The quantitative estimate of drug-likeness (QED) is 0.814. The van der Waals surface area contributed by atoms with Gasteiger partial charge in [-0.15, -0.1) is 0 Å². The molecule has 0 aromatic heterocycles. The molecule has 0 amide bonds. The molecule has 2 N–H and O–H groups in total. The van der Waals surface area contributed by atoms with Gasteiger partial charge in [-0.1, -0.05) is 30.3 Å². The third-order valence-corrected chi connectivity index (χ3v) is 2.89. The molecule has 2 aromatic rings. The van der Waals surface area contributed by atoms with E-state index in [1.54, 1.807) is 0 Å².